The molecule has 2 amide bonds. The second-order valence-corrected chi connectivity index (χ2v) is 11.1. The third kappa shape index (κ3) is 6.45. The summed E-state index contributed by atoms with van der Waals surface area (Å²) in [4.78, 5) is 25.7. The maximum absolute atomic E-state index is 13.6. The van der Waals surface area contributed by atoms with E-state index in [1.54, 1.807) is 17.1 Å². The number of anilines is 1. The molecule has 1 aliphatic heterocycles. The Morgan fingerprint density at radius 3 is 2.31 bits per heavy atom. The van der Waals surface area contributed by atoms with Gasteiger partial charge in [-0.2, -0.15) is 23.3 Å². The Balaban J connectivity index is 1.37. The monoisotopic (exact) mass is 543 g/mol. The van der Waals surface area contributed by atoms with Crippen LogP contribution in [0.5, 0.6) is 5.75 Å². The number of hydrogen-bond acceptors (Lipinski definition) is 4. The molecule has 0 saturated heterocycles. The first-order valence-corrected chi connectivity index (χ1v) is 13.4. The Morgan fingerprint density at radius 2 is 1.69 bits per heavy atom. The summed E-state index contributed by atoms with van der Waals surface area (Å²) < 4.78 is 42.9. The predicted molar refractivity (Wildman–Crippen MR) is 145 cm³/mol. The van der Waals surface area contributed by atoms with Gasteiger partial charge in [0.2, 0.25) is 0 Å². The highest BCUT2D eigenvalue weighted by atomic mass is 19.4. The van der Waals surface area contributed by atoms with Crippen LogP contribution in [0.15, 0.2) is 47.6 Å². The van der Waals surface area contributed by atoms with E-state index in [1.807, 2.05) is 49.5 Å². The van der Waals surface area contributed by atoms with Gasteiger partial charge in [0.15, 0.2) is 5.60 Å². The van der Waals surface area contributed by atoms with E-state index in [2.05, 4.69) is 0 Å². The van der Waals surface area contributed by atoms with Crippen molar-refractivity contribution in [2.45, 2.75) is 84.4 Å². The number of hydrazone groups is 1. The van der Waals surface area contributed by atoms with Gasteiger partial charge < -0.3 is 10.1 Å². The number of ether oxygens (including phenoxy) is 1. The first kappa shape index (κ1) is 28.6. The normalized spacial score (nSPS) is 17.1. The number of carbonyl (C=O) groups is 2. The van der Waals surface area contributed by atoms with Gasteiger partial charge in [0.1, 0.15) is 12.3 Å². The highest BCUT2D eigenvalue weighted by Crippen LogP contribution is 2.47. The number of nitrogens with zero attached hydrogens (tertiary/aromatic N) is 2. The van der Waals surface area contributed by atoms with Gasteiger partial charge in [0, 0.05) is 0 Å². The molecule has 0 atom stereocenters. The van der Waals surface area contributed by atoms with Crippen LogP contribution in [0.2, 0.25) is 0 Å². The minimum atomic E-state index is -4.49. The summed E-state index contributed by atoms with van der Waals surface area (Å²) in [6.07, 6.45) is 1.55. The van der Waals surface area contributed by atoms with E-state index < -0.39 is 29.6 Å². The highest BCUT2D eigenvalue weighted by Gasteiger charge is 2.52. The molecule has 9 heteroatoms. The van der Waals surface area contributed by atoms with Crippen LogP contribution in [-0.4, -0.2) is 35.8 Å². The van der Waals surface area contributed by atoms with Crippen LogP contribution in [0, 0.1) is 19.3 Å². The lowest BCUT2D eigenvalue weighted by molar-refractivity contribution is -0.146. The van der Waals surface area contributed by atoms with Crippen molar-refractivity contribution in [3.05, 3.63) is 59.2 Å². The molecule has 1 saturated carbocycles. The number of halogens is 3. The second kappa shape index (κ2) is 11.0. The summed E-state index contributed by atoms with van der Waals surface area (Å²) in [6, 6.07) is 13.2. The molecule has 0 unspecified atom stereocenters. The maximum Gasteiger partial charge on any atom is 0.405 e. The average Bonchev–Trinajstić information content (AvgIpc) is 3.46. The van der Waals surface area contributed by atoms with Gasteiger partial charge in [-0.15, -0.1) is 0 Å². The van der Waals surface area contributed by atoms with Gasteiger partial charge >= 0.3 is 6.18 Å². The number of alkyl halides is 3. The number of hydrogen-bond donors (Lipinski definition) is 1. The Morgan fingerprint density at radius 1 is 1.03 bits per heavy atom. The fourth-order valence-corrected chi connectivity index (χ4v) is 5.31. The summed E-state index contributed by atoms with van der Waals surface area (Å²) in [5, 5.41) is 8.32. The third-order valence-electron chi connectivity index (χ3n) is 7.74. The van der Waals surface area contributed by atoms with Crippen molar-refractivity contribution in [2.24, 2.45) is 10.5 Å². The van der Waals surface area contributed by atoms with E-state index in [0.29, 0.717) is 5.75 Å². The maximum atomic E-state index is 13.6. The Kier molecular flexibility index (Phi) is 8.09. The summed E-state index contributed by atoms with van der Waals surface area (Å²) in [7, 11) is 0. The van der Waals surface area contributed by atoms with Crippen molar-refractivity contribution < 1.29 is 27.5 Å². The Labute approximate surface area is 227 Å². The van der Waals surface area contributed by atoms with Gasteiger partial charge in [-0.1, -0.05) is 31.0 Å². The molecular weight excluding hydrogens is 507 g/mol. The smallest absolute Gasteiger partial charge is 0.405 e. The van der Waals surface area contributed by atoms with Crippen molar-refractivity contribution in [1.29, 1.82) is 0 Å². The number of amides is 2. The van der Waals surface area contributed by atoms with Crippen LogP contribution in [0.25, 0.3) is 0 Å². The van der Waals surface area contributed by atoms with Crippen LogP contribution in [0.1, 0.15) is 69.1 Å². The SMILES string of the molecule is Cc1ccc(N2N=C(CCCc3ccc(OC(C)(C)C(=O)NCC(F)(F)F)cc3)C3(CCCC3)C2=O)cc1C. The van der Waals surface area contributed by atoms with E-state index in [-0.39, 0.29) is 5.91 Å². The van der Waals surface area contributed by atoms with Crippen molar-refractivity contribution in [3.63, 3.8) is 0 Å². The molecule has 0 bridgehead atoms. The number of aryl methyl sites for hydroxylation is 3. The fourth-order valence-electron chi connectivity index (χ4n) is 5.31. The molecule has 1 heterocycles. The minimum Gasteiger partial charge on any atom is -0.478 e. The molecule has 2 aliphatic rings. The van der Waals surface area contributed by atoms with Crippen LogP contribution < -0.4 is 15.1 Å². The lowest BCUT2D eigenvalue weighted by atomic mass is 9.78. The fraction of sp³-hybridized carbons (Fsp3) is 0.500. The molecule has 0 radical (unpaired) electrons. The first-order chi connectivity index (χ1) is 18.3. The highest BCUT2D eigenvalue weighted by molar-refractivity contribution is 6.19. The van der Waals surface area contributed by atoms with Crippen molar-refractivity contribution in [3.8, 4) is 5.75 Å². The zero-order chi connectivity index (χ0) is 28.4. The molecule has 6 nitrogen and oxygen atoms in total. The minimum absolute atomic E-state index is 0.0849. The van der Waals surface area contributed by atoms with Gasteiger partial charge in [0.05, 0.1) is 16.8 Å². The Bertz CT molecular complexity index is 1250. The third-order valence-corrected chi connectivity index (χ3v) is 7.74. The molecular formula is C30H36F3N3O3. The lowest BCUT2D eigenvalue weighted by Crippen LogP contribution is -2.49. The number of nitrogens with one attached hydrogen (secondary N) is 1. The zero-order valence-corrected chi connectivity index (χ0v) is 23.0. The largest absolute Gasteiger partial charge is 0.478 e. The van der Waals surface area contributed by atoms with Gasteiger partial charge in [-0.05, 0) is 101 Å². The molecule has 0 aromatic heterocycles. The van der Waals surface area contributed by atoms with Gasteiger partial charge in [-0.3, -0.25) is 9.59 Å². The summed E-state index contributed by atoms with van der Waals surface area (Å²) >= 11 is 0. The molecule has 4 rings (SSSR count). The quantitative estimate of drug-likeness (QED) is 0.397. The molecule has 2 aromatic rings. The van der Waals surface area contributed by atoms with Crippen LogP contribution in [-0.2, 0) is 16.0 Å². The van der Waals surface area contributed by atoms with Crippen molar-refractivity contribution in [2.75, 3.05) is 11.6 Å². The van der Waals surface area contributed by atoms with E-state index in [0.717, 1.165) is 67.5 Å². The number of benzene rings is 2. The van der Waals surface area contributed by atoms with E-state index in [1.165, 1.54) is 19.4 Å². The summed E-state index contributed by atoms with van der Waals surface area (Å²) in [6.45, 7) is 5.53. The molecule has 1 spiro atoms. The number of carbonyl (C=O) groups excluding carboxylic acids is 2. The molecule has 210 valence electrons. The van der Waals surface area contributed by atoms with Gasteiger partial charge in [-0.25, -0.2) is 0 Å². The van der Waals surface area contributed by atoms with E-state index in [4.69, 9.17) is 9.84 Å². The summed E-state index contributed by atoms with van der Waals surface area (Å²) in [5.74, 6) is -0.362. The van der Waals surface area contributed by atoms with Crippen molar-refractivity contribution >= 4 is 23.2 Å². The molecule has 39 heavy (non-hydrogen) atoms. The first-order valence-electron chi connectivity index (χ1n) is 13.4. The molecule has 2 aromatic carbocycles. The van der Waals surface area contributed by atoms with E-state index >= 15 is 0 Å². The van der Waals surface area contributed by atoms with Crippen LogP contribution >= 0.6 is 0 Å². The Hall–Kier alpha value is -3.36. The predicted octanol–water partition coefficient (Wildman–Crippen LogP) is 6.43. The lowest BCUT2D eigenvalue weighted by Gasteiger charge is -2.25. The van der Waals surface area contributed by atoms with E-state index in [9.17, 15) is 22.8 Å². The number of rotatable bonds is 9. The topological polar surface area (TPSA) is 71.0 Å². The second-order valence-electron chi connectivity index (χ2n) is 11.1. The van der Waals surface area contributed by atoms with Gasteiger partial charge in [0.25, 0.3) is 11.8 Å². The van der Waals surface area contributed by atoms with Crippen LogP contribution in [0.4, 0.5) is 18.9 Å². The molecule has 1 fully saturated rings. The average molecular weight is 544 g/mol. The van der Waals surface area contributed by atoms with Crippen molar-refractivity contribution in [1.82, 2.24) is 5.32 Å². The summed E-state index contributed by atoms with van der Waals surface area (Å²) in [5.41, 5.74) is 3.19. The zero-order valence-electron chi connectivity index (χ0n) is 23.0. The van der Waals surface area contributed by atoms with Crippen LogP contribution in [0.3, 0.4) is 0 Å². The molecule has 1 N–H and O–H groups in total. The standard InChI is InChI=1S/C30H36F3N3O3/c1-20-10-13-23(18-21(20)2)36-27(38)29(16-5-6-17-29)25(35-36)9-7-8-22-11-14-24(15-12-22)39-28(3,4)26(37)34-19-30(31,32)33/h10-15,18H,5-9,16-17,19H2,1-4H3,(H,34,37). The molecule has 1 aliphatic carbocycles.